The van der Waals surface area contributed by atoms with E-state index in [0.29, 0.717) is 10.6 Å². The fraction of sp³-hybridized carbons (Fsp3) is 0.333. The van der Waals surface area contributed by atoms with Crippen molar-refractivity contribution in [1.29, 1.82) is 0 Å². The van der Waals surface area contributed by atoms with Gasteiger partial charge in [0.15, 0.2) is 0 Å². The molecule has 1 aromatic heterocycles. The number of likely N-dealkylation sites (N-methyl/N-ethyl adjacent to an activating group) is 1. The van der Waals surface area contributed by atoms with Crippen LogP contribution in [0.1, 0.15) is 17.3 Å². The number of amides is 1. The molecule has 7 heteroatoms. The number of aromatic nitrogens is 1. The normalized spacial score (nSPS) is 15.2. The Morgan fingerprint density at radius 1 is 1.28 bits per heavy atom. The van der Waals surface area contributed by atoms with Crippen LogP contribution in [0, 0.1) is 0 Å². The number of pyridine rings is 1. The molecule has 3 rings (SSSR count). The summed E-state index contributed by atoms with van der Waals surface area (Å²) in [5.41, 5.74) is 2.11. The molecule has 2 aromatic rings. The van der Waals surface area contributed by atoms with Crippen molar-refractivity contribution in [3.63, 3.8) is 0 Å². The van der Waals surface area contributed by atoms with Gasteiger partial charge in [0.25, 0.3) is 5.91 Å². The molecular weight excluding hydrogens is 404 g/mol. The van der Waals surface area contributed by atoms with Gasteiger partial charge in [0, 0.05) is 43.0 Å². The minimum atomic E-state index is -0.204. The summed E-state index contributed by atoms with van der Waals surface area (Å²) in [5, 5.41) is 3.63. The van der Waals surface area contributed by atoms with Crippen molar-refractivity contribution < 1.29 is 4.79 Å². The third-order valence-electron chi connectivity index (χ3n) is 4.34. The lowest BCUT2D eigenvalue weighted by Crippen LogP contribution is -2.46. The number of rotatable bonds is 4. The Kier molecular flexibility index (Phi) is 5.93. The molecule has 5 nitrogen and oxygen atoms in total. The summed E-state index contributed by atoms with van der Waals surface area (Å²) >= 11 is 9.80. The number of carbonyl (C=O) groups excluding carboxylic acids is 1. The number of nitrogens with zero attached hydrogens (tertiary/aromatic N) is 3. The zero-order chi connectivity index (χ0) is 17.8. The number of nitrogens with one attached hydrogen (secondary N) is 1. The Morgan fingerprint density at radius 2 is 2.04 bits per heavy atom. The van der Waals surface area contributed by atoms with Gasteiger partial charge in [-0.3, -0.25) is 9.78 Å². The lowest BCUT2D eigenvalue weighted by atomic mass is 10.2. The van der Waals surface area contributed by atoms with Crippen molar-refractivity contribution >= 4 is 44.8 Å². The molecule has 1 amide bonds. The van der Waals surface area contributed by atoms with Crippen molar-refractivity contribution in [3.8, 4) is 0 Å². The molecule has 0 spiro atoms. The monoisotopic (exact) mass is 422 g/mol. The molecular formula is C18H20BrClN4O. The van der Waals surface area contributed by atoms with E-state index >= 15 is 0 Å². The summed E-state index contributed by atoms with van der Waals surface area (Å²) in [7, 11) is 0. The molecule has 132 valence electrons. The second-order valence-electron chi connectivity index (χ2n) is 5.90. The second kappa shape index (κ2) is 8.17. The van der Waals surface area contributed by atoms with Gasteiger partial charge in [-0.2, -0.15) is 0 Å². The highest BCUT2D eigenvalue weighted by Gasteiger charge is 2.21. The van der Waals surface area contributed by atoms with Gasteiger partial charge in [-0.25, -0.2) is 0 Å². The number of halogens is 2. The highest BCUT2D eigenvalue weighted by atomic mass is 79.9. The first-order chi connectivity index (χ1) is 12.1. The van der Waals surface area contributed by atoms with Gasteiger partial charge in [-0.15, -0.1) is 0 Å². The molecule has 0 radical (unpaired) electrons. The quantitative estimate of drug-likeness (QED) is 0.810. The minimum absolute atomic E-state index is 0.204. The number of hydrogen-bond acceptors (Lipinski definition) is 4. The van der Waals surface area contributed by atoms with E-state index in [1.165, 1.54) is 0 Å². The number of piperazine rings is 1. The number of benzene rings is 1. The highest BCUT2D eigenvalue weighted by molar-refractivity contribution is 9.10. The molecule has 0 saturated carbocycles. The average molecular weight is 424 g/mol. The summed E-state index contributed by atoms with van der Waals surface area (Å²) in [6, 6.07) is 7.34. The largest absolute Gasteiger partial charge is 0.366 e. The van der Waals surface area contributed by atoms with Crippen molar-refractivity contribution in [2.45, 2.75) is 6.92 Å². The maximum atomic E-state index is 12.6. The molecule has 1 fully saturated rings. The van der Waals surface area contributed by atoms with Crippen LogP contribution in [0.5, 0.6) is 0 Å². The Bertz CT molecular complexity index is 762. The van der Waals surface area contributed by atoms with Gasteiger partial charge in [0.2, 0.25) is 0 Å². The molecule has 1 N–H and O–H groups in total. The van der Waals surface area contributed by atoms with E-state index in [-0.39, 0.29) is 5.91 Å². The maximum absolute atomic E-state index is 12.6. The van der Waals surface area contributed by atoms with E-state index in [9.17, 15) is 4.79 Å². The van der Waals surface area contributed by atoms with E-state index < -0.39 is 0 Å². The standard InChI is InChI=1S/C18H20BrClN4O/c1-2-23-6-8-24(9-7-23)17-15(20)4-3-5-16(17)22-18(25)13-10-14(19)12-21-11-13/h3-5,10-12H,2,6-9H2,1H3,(H,22,25). The average Bonchev–Trinajstić information content (AvgIpc) is 2.62. The van der Waals surface area contributed by atoms with Gasteiger partial charge in [-0.1, -0.05) is 24.6 Å². The Hall–Kier alpha value is -1.63. The van der Waals surface area contributed by atoms with E-state index in [0.717, 1.165) is 48.6 Å². The van der Waals surface area contributed by atoms with E-state index in [1.807, 2.05) is 18.2 Å². The molecule has 25 heavy (non-hydrogen) atoms. The zero-order valence-electron chi connectivity index (χ0n) is 14.0. The van der Waals surface area contributed by atoms with Crippen LogP contribution >= 0.6 is 27.5 Å². The van der Waals surface area contributed by atoms with Gasteiger partial charge in [0.05, 0.1) is 22.0 Å². The molecule has 2 heterocycles. The summed E-state index contributed by atoms with van der Waals surface area (Å²) in [6.07, 6.45) is 3.19. The second-order valence-corrected chi connectivity index (χ2v) is 7.23. The van der Waals surface area contributed by atoms with Crippen LogP contribution in [0.4, 0.5) is 11.4 Å². The molecule has 0 atom stereocenters. The fourth-order valence-electron chi connectivity index (χ4n) is 2.96. The number of para-hydroxylation sites is 1. The van der Waals surface area contributed by atoms with Crippen LogP contribution in [0.3, 0.4) is 0 Å². The lowest BCUT2D eigenvalue weighted by Gasteiger charge is -2.36. The number of hydrogen-bond donors (Lipinski definition) is 1. The number of carbonyl (C=O) groups is 1. The Balaban J connectivity index is 1.82. The van der Waals surface area contributed by atoms with Crippen molar-refractivity contribution in [1.82, 2.24) is 9.88 Å². The first kappa shape index (κ1) is 18.2. The maximum Gasteiger partial charge on any atom is 0.257 e. The van der Waals surface area contributed by atoms with Crippen LogP contribution in [0.15, 0.2) is 41.1 Å². The SMILES string of the molecule is CCN1CCN(c2c(Cl)cccc2NC(=O)c2cncc(Br)c2)CC1. The zero-order valence-corrected chi connectivity index (χ0v) is 16.3. The van der Waals surface area contributed by atoms with Gasteiger partial charge in [-0.05, 0) is 40.7 Å². The molecule has 0 aliphatic carbocycles. The van der Waals surface area contributed by atoms with Crippen LogP contribution < -0.4 is 10.2 Å². The summed E-state index contributed by atoms with van der Waals surface area (Å²) in [5.74, 6) is -0.204. The smallest absolute Gasteiger partial charge is 0.257 e. The summed E-state index contributed by atoms with van der Waals surface area (Å²) in [6.45, 7) is 6.98. The van der Waals surface area contributed by atoms with Crippen molar-refractivity contribution in [3.05, 3.63) is 51.7 Å². The molecule has 1 aromatic carbocycles. The predicted octanol–water partition coefficient (Wildman–Crippen LogP) is 3.89. The summed E-state index contributed by atoms with van der Waals surface area (Å²) < 4.78 is 0.766. The van der Waals surface area contributed by atoms with Crippen LogP contribution in [-0.4, -0.2) is 48.5 Å². The highest BCUT2D eigenvalue weighted by Crippen LogP contribution is 2.35. The Morgan fingerprint density at radius 3 is 2.72 bits per heavy atom. The minimum Gasteiger partial charge on any atom is -0.366 e. The molecule has 1 saturated heterocycles. The molecule has 1 aliphatic rings. The Labute approximate surface area is 161 Å². The van der Waals surface area contributed by atoms with Crippen molar-refractivity contribution in [2.75, 3.05) is 42.9 Å². The predicted molar refractivity (Wildman–Crippen MR) is 106 cm³/mol. The van der Waals surface area contributed by atoms with Crippen molar-refractivity contribution in [2.24, 2.45) is 0 Å². The van der Waals surface area contributed by atoms with Crippen LogP contribution in [-0.2, 0) is 0 Å². The van der Waals surface area contributed by atoms with Crippen LogP contribution in [0.25, 0.3) is 0 Å². The van der Waals surface area contributed by atoms with E-state index in [4.69, 9.17) is 11.6 Å². The summed E-state index contributed by atoms with van der Waals surface area (Å²) in [4.78, 5) is 21.3. The molecule has 1 aliphatic heterocycles. The van der Waals surface area contributed by atoms with E-state index in [1.54, 1.807) is 18.5 Å². The van der Waals surface area contributed by atoms with Gasteiger partial charge in [0.1, 0.15) is 0 Å². The first-order valence-electron chi connectivity index (χ1n) is 8.26. The first-order valence-corrected chi connectivity index (χ1v) is 9.43. The fourth-order valence-corrected chi connectivity index (χ4v) is 3.61. The third kappa shape index (κ3) is 4.32. The third-order valence-corrected chi connectivity index (χ3v) is 5.08. The van der Waals surface area contributed by atoms with Gasteiger partial charge < -0.3 is 15.1 Å². The van der Waals surface area contributed by atoms with Gasteiger partial charge >= 0.3 is 0 Å². The molecule has 0 bridgehead atoms. The van der Waals surface area contributed by atoms with E-state index in [2.05, 4.69) is 43.0 Å². The topological polar surface area (TPSA) is 48.5 Å². The number of anilines is 2. The lowest BCUT2D eigenvalue weighted by molar-refractivity contribution is 0.102. The molecule has 0 unspecified atom stereocenters. The van der Waals surface area contributed by atoms with Crippen LogP contribution in [0.2, 0.25) is 5.02 Å².